The zero-order valence-corrected chi connectivity index (χ0v) is 17.1. The third-order valence-corrected chi connectivity index (χ3v) is 6.46. The maximum absolute atomic E-state index is 12.9. The van der Waals surface area contributed by atoms with Gasteiger partial charge in [-0.1, -0.05) is 6.42 Å². The number of rotatable bonds is 7. The van der Waals surface area contributed by atoms with Crippen LogP contribution in [0.5, 0.6) is 5.75 Å². The van der Waals surface area contributed by atoms with Crippen molar-refractivity contribution in [3.8, 4) is 5.75 Å². The number of carbonyl (C=O) groups is 1. The van der Waals surface area contributed by atoms with Crippen LogP contribution in [0, 0.1) is 18.7 Å². The summed E-state index contributed by atoms with van der Waals surface area (Å²) in [6.07, 6.45) is 9.10. The van der Waals surface area contributed by atoms with Crippen LogP contribution in [0.15, 0.2) is 30.5 Å². The van der Waals surface area contributed by atoms with Crippen LogP contribution < -0.4 is 4.74 Å². The first-order valence-electron chi connectivity index (χ1n) is 10.8. The smallest absolute Gasteiger partial charge is 0.260 e. The first kappa shape index (κ1) is 19.9. The Balaban J connectivity index is 1.21. The summed E-state index contributed by atoms with van der Waals surface area (Å²) < 4.78 is 20.8. The van der Waals surface area contributed by atoms with Crippen molar-refractivity contribution in [2.45, 2.75) is 57.9 Å². The van der Waals surface area contributed by atoms with Crippen molar-refractivity contribution in [3.05, 3.63) is 47.8 Å². The van der Waals surface area contributed by atoms with Gasteiger partial charge in [0, 0.05) is 37.4 Å². The Morgan fingerprint density at radius 3 is 2.55 bits per heavy atom. The number of aryl methyl sites for hydroxylation is 1. The third-order valence-electron chi connectivity index (χ3n) is 6.46. The van der Waals surface area contributed by atoms with Gasteiger partial charge in [0.1, 0.15) is 17.4 Å². The van der Waals surface area contributed by atoms with E-state index in [1.165, 1.54) is 42.9 Å². The van der Waals surface area contributed by atoms with Crippen molar-refractivity contribution in [1.82, 2.24) is 14.5 Å². The molecule has 2 heterocycles. The average molecular weight is 400 g/mol. The standard InChI is InChI=1S/C23H30FN3O2/c1-17-15-25-23(19-3-2-4-19)27(17)14-11-18-9-12-26(13-10-18)22(28)16-29-21-7-5-20(24)6-8-21/h5-8,15,18-19H,2-4,9-14,16H2,1H3. The molecule has 2 aromatic rings. The number of aromatic nitrogens is 2. The number of amides is 1. The molecule has 2 aliphatic rings. The number of nitrogens with zero attached hydrogens (tertiary/aromatic N) is 3. The second kappa shape index (κ2) is 8.97. The summed E-state index contributed by atoms with van der Waals surface area (Å²) in [4.78, 5) is 19.0. The van der Waals surface area contributed by atoms with E-state index in [0.29, 0.717) is 17.6 Å². The molecule has 156 valence electrons. The number of likely N-dealkylation sites (tertiary alicyclic amines) is 1. The summed E-state index contributed by atoms with van der Waals surface area (Å²) in [6.45, 7) is 4.76. The van der Waals surface area contributed by atoms with Gasteiger partial charge >= 0.3 is 0 Å². The number of imidazole rings is 1. The Labute approximate surface area is 171 Å². The molecular formula is C23H30FN3O2. The Morgan fingerprint density at radius 1 is 1.17 bits per heavy atom. The Hall–Kier alpha value is -2.37. The van der Waals surface area contributed by atoms with Crippen molar-refractivity contribution in [2.24, 2.45) is 5.92 Å². The first-order valence-corrected chi connectivity index (χ1v) is 10.8. The lowest BCUT2D eigenvalue weighted by atomic mass is 9.84. The van der Waals surface area contributed by atoms with Crippen molar-refractivity contribution in [2.75, 3.05) is 19.7 Å². The first-order chi connectivity index (χ1) is 14.1. The zero-order valence-electron chi connectivity index (χ0n) is 17.1. The molecule has 1 aliphatic carbocycles. The lowest BCUT2D eigenvalue weighted by Gasteiger charge is -2.32. The van der Waals surface area contributed by atoms with Crippen LogP contribution in [0.3, 0.4) is 0 Å². The van der Waals surface area contributed by atoms with E-state index < -0.39 is 0 Å². The van der Waals surface area contributed by atoms with Crippen LogP contribution in [-0.2, 0) is 11.3 Å². The minimum absolute atomic E-state index is 0.00509. The topological polar surface area (TPSA) is 47.4 Å². The molecule has 0 radical (unpaired) electrons. The van der Waals surface area contributed by atoms with Crippen LogP contribution in [0.2, 0.25) is 0 Å². The summed E-state index contributed by atoms with van der Waals surface area (Å²) in [5.74, 6) is 2.80. The predicted molar refractivity (Wildman–Crippen MR) is 109 cm³/mol. The van der Waals surface area contributed by atoms with E-state index in [9.17, 15) is 9.18 Å². The molecule has 1 saturated heterocycles. The monoisotopic (exact) mass is 399 g/mol. The fraction of sp³-hybridized carbons (Fsp3) is 0.565. The zero-order chi connectivity index (χ0) is 20.2. The maximum Gasteiger partial charge on any atom is 0.260 e. The highest BCUT2D eigenvalue weighted by molar-refractivity contribution is 5.77. The molecular weight excluding hydrogens is 369 g/mol. The molecule has 29 heavy (non-hydrogen) atoms. The fourth-order valence-electron chi connectivity index (χ4n) is 4.31. The highest BCUT2D eigenvalue weighted by Crippen LogP contribution is 2.36. The van der Waals surface area contributed by atoms with Gasteiger partial charge in [0.15, 0.2) is 6.61 Å². The molecule has 2 fully saturated rings. The van der Waals surface area contributed by atoms with Gasteiger partial charge in [-0.25, -0.2) is 9.37 Å². The molecule has 0 atom stereocenters. The minimum Gasteiger partial charge on any atom is -0.484 e. The second-order valence-corrected chi connectivity index (χ2v) is 8.39. The molecule has 1 aliphatic heterocycles. The van der Waals surface area contributed by atoms with Crippen molar-refractivity contribution in [3.63, 3.8) is 0 Å². The minimum atomic E-state index is -0.309. The van der Waals surface area contributed by atoms with Crippen molar-refractivity contribution in [1.29, 1.82) is 0 Å². The molecule has 6 heteroatoms. The molecule has 4 rings (SSSR count). The van der Waals surface area contributed by atoms with Gasteiger partial charge in [-0.05, 0) is 69.2 Å². The molecule has 1 aromatic carbocycles. The molecule has 0 N–H and O–H groups in total. The number of ether oxygens (including phenoxy) is 1. The number of piperidine rings is 1. The number of hydrogen-bond donors (Lipinski definition) is 0. The third kappa shape index (κ3) is 4.80. The summed E-state index contributed by atoms with van der Waals surface area (Å²) in [6, 6.07) is 5.77. The molecule has 1 amide bonds. The van der Waals surface area contributed by atoms with Gasteiger partial charge < -0.3 is 14.2 Å². The Bertz CT molecular complexity index is 821. The highest BCUT2D eigenvalue weighted by Gasteiger charge is 2.26. The van der Waals surface area contributed by atoms with Gasteiger partial charge in [0.05, 0.1) is 0 Å². The van der Waals surface area contributed by atoms with Gasteiger partial charge in [0.2, 0.25) is 0 Å². The largest absolute Gasteiger partial charge is 0.484 e. The number of halogens is 1. The Kier molecular flexibility index (Phi) is 6.16. The van der Waals surface area contributed by atoms with Gasteiger partial charge in [0.25, 0.3) is 5.91 Å². The van der Waals surface area contributed by atoms with E-state index in [4.69, 9.17) is 4.74 Å². The SMILES string of the molecule is Cc1cnc(C2CCC2)n1CCC1CCN(C(=O)COc2ccc(F)cc2)CC1. The van der Waals surface area contributed by atoms with E-state index in [-0.39, 0.29) is 18.3 Å². The predicted octanol–water partition coefficient (Wildman–Crippen LogP) is 4.31. The summed E-state index contributed by atoms with van der Waals surface area (Å²) in [5, 5.41) is 0. The highest BCUT2D eigenvalue weighted by atomic mass is 19.1. The lowest BCUT2D eigenvalue weighted by molar-refractivity contribution is -0.134. The van der Waals surface area contributed by atoms with Gasteiger partial charge in [-0.15, -0.1) is 0 Å². The van der Waals surface area contributed by atoms with Gasteiger partial charge in [-0.2, -0.15) is 0 Å². The van der Waals surface area contributed by atoms with Crippen LogP contribution in [-0.4, -0.2) is 40.1 Å². The van der Waals surface area contributed by atoms with E-state index in [2.05, 4.69) is 16.5 Å². The normalized spacial score (nSPS) is 17.9. The molecule has 0 unspecified atom stereocenters. The summed E-state index contributed by atoms with van der Waals surface area (Å²) >= 11 is 0. The van der Waals surface area contributed by atoms with E-state index in [1.54, 1.807) is 12.1 Å². The van der Waals surface area contributed by atoms with Crippen LogP contribution >= 0.6 is 0 Å². The number of carbonyl (C=O) groups excluding carboxylic acids is 1. The Morgan fingerprint density at radius 2 is 1.90 bits per heavy atom. The molecule has 0 bridgehead atoms. The van der Waals surface area contributed by atoms with Crippen LogP contribution in [0.4, 0.5) is 4.39 Å². The quantitative estimate of drug-likeness (QED) is 0.697. The summed E-state index contributed by atoms with van der Waals surface area (Å²) in [5.41, 5.74) is 1.26. The second-order valence-electron chi connectivity index (χ2n) is 8.39. The van der Waals surface area contributed by atoms with Crippen molar-refractivity contribution >= 4 is 5.91 Å². The van der Waals surface area contributed by atoms with Crippen LogP contribution in [0.1, 0.15) is 56.0 Å². The fourth-order valence-corrected chi connectivity index (χ4v) is 4.31. The number of hydrogen-bond acceptors (Lipinski definition) is 3. The average Bonchev–Trinajstić information content (AvgIpc) is 3.05. The summed E-state index contributed by atoms with van der Waals surface area (Å²) in [7, 11) is 0. The lowest BCUT2D eigenvalue weighted by Crippen LogP contribution is -2.41. The van der Waals surface area contributed by atoms with Gasteiger partial charge in [-0.3, -0.25) is 4.79 Å². The molecule has 0 spiro atoms. The molecule has 1 aromatic heterocycles. The van der Waals surface area contributed by atoms with E-state index >= 15 is 0 Å². The van der Waals surface area contributed by atoms with E-state index in [0.717, 1.165) is 38.9 Å². The maximum atomic E-state index is 12.9. The molecule has 1 saturated carbocycles. The van der Waals surface area contributed by atoms with E-state index in [1.807, 2.05) is 11.1 Å². The van der Waals surface area contributed by atoms with Crippen LogP contribution in [0.25, 0.3) is 0 Å². The number of benzene rings is 1. The van der Waals surface area contributed by atoms with Crippen molar-refractivity contribution < 1.29 is 13.9 Å². The molecule has 5 nitrogen and oxygen atoms in total.